The molecule has 2 unspecified atom stereocenters. The highest BCUT2D eigenvalue weighted by molar-refractivity contribution is 6.00. The van der Waals surface area contributed by atoms with Crippen LogP contribution >= 0.6 is 0 Å². The maximum absolute atomic E-state index is 14.2. The van der Waals surface area contributed by atoms with Gasteiger partial charge in [0.1, 0.15) is 17.7 Å². The number of amides is 3. The Morgan fingerprint density at radius 1 is 0.860 bits per heavy atom. The van der Waals surface area contributed by atoms with Crippen molar-refractivity contribution in [2.45, 2.75) is 105 Å². The van der Waals surface area contributed by atoms with E-state index >= 15 is 0 Å². The van der Waals surface area contributed by atoms with Gasteiger partial charge in [0.05, 0.1) is 0 Å². The molecule has 2 N–H and O–H groups in total. The smallest absolute Gasteiger partial charge is 0.408 e. The normalized spacial score (nSPS) is 12.8. The number of anilines is 1. The number of carbonyl (C=O) groups excluding carboxylic acids is 3. The van der Waals surface area contributed by atoms with Crippen molar-refractivity contribution in [3.63, 3.8) is 0 Å². The molecule has 0 bridgehead atoms. The molecular formula is C36H49N3O4. The number of aryl methyl sites for hydroxylation is 2. The molecule has 3 rings (SSSR count). The van der Waals surface area contributed by atoms with Crippen molar-refractivity contribution < 1.29 is 19.1 Å². The second-order valence-corrected chi connectivity index (χ2v) is 12.5. The SMILES string of the molecule is CCCCCCCCN(C(=O)C(C)NC(=O)OC(C)(C)C)C(C(=O)Nc1ccc2ccccc2c1)c1cc(C)ccc1C. The lowest BCUT2D eigenvalue weighted by molar-refractivity contribution is -0.140. The number of benzene rings is 3. The van der Waals surface area contributed by atoms with Gasteiger partial charge in [-0.25, -0.2) is 4.79 Å². The molecule has 232 valence electrons. The minimum atomic E-state index is -0.893. The molecule has 7 nitrogen and oxygen atoms in total. The van der Waals surface area contributed by atoms with Crippen LogP contribution in [0.25, 0.3) is 10.8 Å². The summed E-state index contributed by atoms with van der Waals surface area (Å²) in [6.07, 6.45) is 5.57. The van der Waals surface area contributed by atoms with Crippen molar-refractivity contribution in [1.29, 1.82) is 0 Å². The molecule has 3 amide bonds. The summed E-state index contributed by atoms with van der Waals surface area (Å²) in [4.78, 5) is 42.6. The summed E-state index contributed by atoms with van der Waals surface area (Å²) in [5.41, 5.74) is 2.63. The van der Waals surface area contributed by atoms with Crippen molar-refractivity contribution in [2.24, 2.45) is 0 Å². The van der Waals surface area contributed by atoms with Crippen LogP contribution in [0, 0.1) is 13.8 Å². The van der Waals surface area contributed by atoms with Crippen LogP contribution in [-0.4, -0.2) is 41.0 Å². The number of carbonyl (C=O) groups is 3. The quantitative estimate of drug-likeness (QED) is 0.197. The molecule has 0 fully saturated rings. The van der Waals surface area contributed by atoms with Gasteiger partial charge in [0, 0.05) is 12.2 Å². The van der Waals surface area contributed by atoms with Crippen LogP contribution in [0.3, 0.4) is 0 Å². The third kappa shape index (κ3) is 10.1. The number of ether oxygens (including phenoxy) is 1. The lowest BCUT2D eigenvalue weighted by Gasteiger charge is -2.34. The third-order valence-corrected chi connectivity index (χ3v) is 7.45. The van der Waals surface area contributed by atoms with Crippen molar-refractivity contribution in [1.82, 2.24) is 10.2 Å². The minimum Gasteiger partial charge on any atom is -0.444 e. The van der Waals surface area contributed by atoms with E-state index in [0.717, 1.165) is 59.6 Å². The first kappa shape index (κ1) is 33.6. The summed E-state index contributed by atoms with van der Waals surface area (Å²) in [5, 5.41) is 7.88. The topological polar surface area (TPSA) is 87.7 Å². The Labute approximate surface area is 257 Å². The summed E-state index contributed by atoms with van der Waals surface area (Å²) in [6.45, 7) is 13.5. The highest BCUT2D eigenvalue weighted by Gasteiger charge is 2.35. The minimum absolute atomic E-state index is 0.298. The second-order valence-electron chi connectivity index (χ2n) is 12.5. The lowest BCUT2D eigenvalue weighted by Crippen LogP contribution is -2.51. The van der Waals surface area contributed by atoms with E-state index in [1.807, 2.05) is 74.5 Å². The number of unbranched alkanes of at least 4 members (excludes halogenated alkanes) is 5. The van der Waals surface area contributed by atoms with E-state index in [0.29, 0.717) is 12.2 Å². The van der Waals surface area contributed by atoms with Gasteiger partial charge >= 0.3 is 6.09 Å². The second kappa shape index (κ2) is 15.6. The Balaban J connectivity index is 1.97. The van der Waals surface area contributed by atoms with Crippen molar-refractivity contribution in [3.05, 3.63) is 77.4 Å². The lowest BCUT2D eigenvalue weighted by atomic mass is 9.95. The summed E-state index contributed by atoms with van der Waals surface area (Å²) in [7, 11) is 0. The van der Waals surface area contributed by atoms with E-state index in [2.05, 4.69) is 17.6 Å². The Bertz CT molecular complexity index is 1390. The fourth-order valence-electron chi connectivity index (χ4n) is 5.21. The number of rotatable bonds is 13. The highest BCUT2D eigenvalue weighted by atomic mass is 16.6. The summed E-state index contributed by atoms with van der Waals surface area (Å²) >= 11 is 0. The fraction of sp³-hybridized carbons (Fsp3) is 0.472. The molecule has 0 aliphatic heterocycles. The van der Waals surface area contributed by atoms with Crippen molar-refractivity contribution >= 4 is 34.4 Å². The van der Waals surface area contributed by atoms with E-state index in [9.17, 15) is 14.4 Å². The van der Waals surface area contributed by atoms with Crippen molar-refractivity contribution in [2.75, 3.05) is 11.9 Å². The van der Waals surface area contributed by atoms with Crippen LogP contribution in [0.2, 0.25) is 0 Å². The standard InChI is InChI=1S/C36H49N3O4/c1-8-9-10-11-12-15-22-39(34(41)27(4)37-35(42)43-36(5,6)7)32(31-23-25(2)18-19-26(31)3)33(40)38-30-21-20-28-16-13-14-17-29(28)24-30/h13-14,16-21,23-24,27,32H,8-12,15,22H2,1-7H3,(H,37,42)(H,38,40). The number of nitrogens with one attached hydrogen (secondary N) is 2. The Kier molecular flexibility index (Phi) is 12.2. The van der Waals surface area contributed by atoms with Gasteiger partial charge in [-0.3, -0.25) is 9.59 Å². The van der Waals surface area contributed by atoms with Crippen LogP contribution in [-0.2, 0) is 14.3 Å². The zero-order valence-corrected chi connectivity index (χ0v) is 27.0. The summed E-state index contributed by atoms with van der Waals surface area (Å²) in [6, 6.07) is 18.0. The monoisotopic (exact) mass is 587 g/mol. The molecule has 3 aromatic rings. The van der Waals surface area contributed by atoms with Gasteiger partial charge in [-0.15, -0.1) is 0 Å². The van der Waals surface area contributed by atoms with Crippen molar-refractivity contribution in [3.8, 4) is 0 Å². The number of fused-ring (bicyclic) bond motifs is 1. The number of nitrogens with zero attached hydrogens (tertiary/aromatic N) is 1. The first-order chi connectivity index (χ1) is 20.4. The zero-order chi connectivity index (χ0) is 31.6. The Hall–Kier alpha value is -3.87. The van der Waals surface area contributed by atoms with Crippen LogP contribution < -0.4 is 10.6 Å². The summed E-state index contributed by atoms with van der Waals surface area (Å²) in [5.74, 6) is -0.633. The largest absolute Gasteiger partial charge is 0.444 e. The third-order valence-electron chi connectivity index (χ3n) is 7.45. The van der Waals surface area contributed by atoms with Crippen LogP contribution in [0.1, 0.15) is 95.9 Å². The number of hydrogen-bond acceptors (Lipinski definition) is 4. The average Bonchev–Trinajstić information content (AvgIpc) is 2.94. The van der Waals surface area contributed by atoms with E-state index in [1.165, 1.54) is 6.42 Å². The maximum Gasteiger partial charge on any atom is 0.408 e. The molecule has 0 aliphatic carbocycles. The average molecular weight is 588 g/mol. The van der Waals surface area contributed by atoms with Gasteiger partial charge in [0.2, 0.25) is 5.91 Å². The van der Waals surface area contributed by atoms with E-state index in [-0.39, 0.29) is 11.8 Å². The molecule has 2 atom stereocenters. The predicted octanol–water partition coefficient (Wildman–Crippen LogP) is 8.24. The van der Waals surface area contributed by atoms with Crippen LogP contribution in [0.5, 0.6) is 0 Å². The first-order valence-electron chi connectivity index (χ1n) is 15.6. The van der Waals surface area contributed by atoms with Gasteiger partial charge in [-0.05, 0) is 82.0 Å². The van der Waals surface area contributed by atoms with Crippen LogP contribution in [0.15, 0.2) is 60.7 Å². The highest BCUT2D eigenvalue weighted by Crippen LogP contribution is 2.29. The Morgan fingerprint density at radius 2 is 1.53 bits per heavy atom. The molecule has 0 saturated heterocycles. The molecule has 0 heterocycles. The molecule has 0 saturated carbocycles. The molecule has 0 spiro atoms. The molecule has 43 heavy (non-hydrogen) atoms. The first-order valence-corrected chi connectivity index (χ1v) is 15.6. The van der Waals surface area contributed by atoms with Gasteiger partial charge in [0.25, 0.3) is 5.91 Å². The van der Waals surface area contributed by atoms with Gasteiger partial charge in [0.15, 0.2) is 0 Å². The molecular weight excluding hydrogens is 538 g/mol. The number of hydrogen-bond donors (Lipinski definition) is 2. The zero-order valence-electron chi connectivity index (χ0n) is 27.0. The van der Waals surface area contributed by atoms with Gasteiger partial charge in [-0.1, -0.05) is 93.1 Å². The van der Waals surface area contributed by atoms with Gasteiger partial charge in [-0.2, -0.15) is 0 Å². The predicted molar refractivity (Wildman–Crippen MR) is 175 cm³/mol. The molecule has 0 radical (unpaired) electrons. The molecule has 3 aromatic carbocycles. The molecule has 7 heteroatoms. The fourth-order valence-corrected chi connectivity index (χ4v) is 5.21. The Morgan fingerprint density at radius 3 is 2.23 bits per heavy atom. The van der Waals surface area contributed by atoms with Crippen LogP contribution in [0.4, 0.5) is 10.5 Å². The maximum atomic E-state index is 14.2. The van der Waals surface area contributed by atoms with E-state index in [4.69, 9.17) is 4.74 Å². The van der Waals surface area contributed by atoms with E-state index < -0.39 is 23.8 Å². The van der Waals surface area contributed by atoms with E-state index in [1.54, 1.807) is 32.6 Å². The molecule has 0 aromatic heterocycles. The number of alkyl carbamates (subject to hydrolysis) is 1. The van der Waals surface area contributed by atoms with Gasteiger partial charge < -0.3 is 20.3 Å². The summed E-state index contributed by atoms with van der Waals surface area (Å²) < 4.78 is 5.42. The molecule has 0 aliphatic rings.